The van der Waals surface area contributed by atoms with E-state index >= 15 is 0 Å². The summed E-state index contributed by atoms with van der Waals surface area (Å²) in [5.41, 5.74) is 6.57. The van der Waals surface area contributed by atoms with Gasteiger partial charge in [-0.05, 0) is 111 Å². The molecular weight excluding hydrogens is 448 g/mol. The van der Waals surface area contributed by atoms with Gasteiger partial charge in [0.25, 0.3) is 0 Å². The molecule has 0 amide bonds. The fourth-order valence-corrected chi connectivity index (χ4v) is 5.52. The van der Waals surface area contributed by atoms with Crippen molar-refractivity contribution in [3.05, 3.63) is 64.2 Å². The first-order valence-corrected chi connectivity index (χ1v) is 13.9. The summed E-state index contributed by atoms with van der Waals surface area (Å²) in [7, 11) is 0. The van der Waals surface area contributed by atoms with E-state index in [-0.39, 0.29) is 23.4 Å². The van der Waals surface area contributed by atoms with Crippen LogP contribution in [0.1, 0.15) is 106 Å². The molecular formula is C32H46O4. The smallest absolute Gasteiger partial charge is 0.303 e. The van der Waals surface area contributed by atoms with Crippen molar-refractivity contribution in [1.29, 1.82) is 0 Å². The third-order valence-corrected chi connectivity index (χ3v) is 8.65. The Labute approximate surface area is 218 Å². The van der Waals surface area contributed by atoms with Crippen LogP contribution in [0.5, 0.6) is 5.75 Å². The number of aliphatic carboxylic acids is 1. The van der Waals surface area contributed by atoms with Gasteiger partial charge in [-0.1, -0.05) is 51.1 Å². The molecule has 1 atom stereocenters. The average Bonchev–Trinajstić information content (AvgIpc) is 3.61. The highest BCUT2D eigenvalue weighted by atomic mass is 16.5. The van der Waals surface area contributed by atoms with E-state index in [9.17, 15) is 9.90 Å². The summed E-state index contributed by atoms with van der Waals surface area (Å²) in [5.74, 6) is 0.178. The molecule has 1 unspecified atom stereocenters. The zero-order valence-electron chi connectivity index (χ0n) is 23.0. The molecule has 2 aromatic carbocycles. The number of rotatable bonds is 15. The molecule has 4 nitrogen and oxygen atoms in total. The van der Waals surface area contributed by atoms with Gasteiger partial charge in [-0.2, -0.15) is 0 Å². The van der Waals surface area contributed by atoms with Crippen molar-refractivity contribution in [3.63, 3.8) is 0 Å². The number of hydrogen-bond donors (Lipinski definition) is 2. The molecule has 0 spiro atoms. The number of carbonyl (C=O) groups is 1. The van der Waals surface area contributed by atoms with Crippen LogP contribution in [-0.2, 0) is 16.6 Å². The fraction of sp³-hybridized carbons (Fsp3) is 0.594. The van der Waals surface area contributed by atoms with Gasteiger partial charge in [-0.25, -0.2) is 0 Å². The highest BCUT2D eigenvalue weighted by Crippen LogP contribution is 2.49. The molecule has 2 aromatic rings. The van der Waals surface area contributed by atoms with Crippen LogP contribution in [0.25, 0.3) is 0 Å². The van der Waals surface area contributed by atoms with Crippen molar-refractivity contribution in [2.24, 2.45) is 5.41 Å². The van der Waals surface area contributed by atoms with Crippen LogP contribution in [0.2, 0.25) is 0 Å². The molecule has 1 aliphatic carbocycles. The van der Waals surface area contributed by atoms with Crippen molar-refractivity contribution in [1.82, 2.24) is 0 Å². The number of benzene rings is 2. The van der Waals surface area contributed by atoms with E-state index in [1.807, 2.05) is 0 Å². The Balaban J connectivity index is 1.70. The van der Waals surface area contributed by atoms with Gasteiger partial charge >= 0.3 is 5.97 Å². The first-order valence-electron chi connectivity index (χ1n) is 13.9. The summed E-state index contributed by atoms with van der Waals surface area (Å²) in [4.78, 5) is 10.6. The Morgan fingerprint density at radius 1 is 1.00 bits per heavy atom. The lowest BCUT2D eigenvalue weighted by Gasteiger charge is -2.34. The topological polar surface area (TPSA) is 66.8 Å². The van der Waals surface area contributed by atoms with Gasteiger partial charge in [0, 0.05) is 11.8 Å². The van der Waals surface area contributed by atoms with Crippen LogP contribution in [0.3, 0.4) is 0 Å². The van der Waals surface area contributed by atoms with Gasteiger partial charge in [-0.3, -0.25) is 4.79 Å². The molecule has 0 saturated heterocycles. The van der Waals surface area contributed by atoms with E-state index < -0.39 is 5.97 Å². The lowest BCUT2D eigenvalue weighted by molar-refractivity contribution is -0.137. The third kappa shape index (κ3) is 6.70. The maximum absolute atomic E-state index is 10.6. The van der Waals surface area contributed by atoms with Crippen LogP contribution in [0.4, 0.5) is 0 Å². The summed E-state index contributed by atoms with van der Waals surface area (Å²) >= 11 is 0. The molecule has 0 aromatic heterocycles. The zero-order valence-corrected chi connectivity index (χ0v) is 23.0. The molecule has 0 radical (unpaired) electrons. The fourth-order valence-electron chi connectivity index (χ4n) is 5.52. The predicted molar refractivity (Wildman–Crippen MR) is 147 cm³/mol. The number of unbranched alkanes of at least 4 members (excludes halogenated alkanes) is 2. The van der Waals surface area contributed by atoms with Gasteiger partial charge in [-0.15, -0.1) is 0 Å². The standard InChI is InChI=1S/C32H46O4/c1-6-32(7-2,26-14-12-25(23(3)21-26)13-17-29(33)31(5)18-19-31)27-15-16-28(24(4)22-27)36-20-10-8-9-11-30(34)35/h12,14-16,21-22,29,33H,6-11,13,17-20H2,1-5H3,(H,34,35). The number of aliphatic hydroxyl groups is 1. The summed E-state index contributed by atoms with van der Waals surface area (Å²) < 4.78 is 6.03. The molecule has 2 N–H and O–H groups in total. The minimum absolute atomic E-state index is 0.0512. The van der Waals surface area contributed by atoms with Crippen molar-refractivity contribution in [2.75, 3.05) is 6.61 Å². The van der Waals surface area contributed by atoms with Crippen molar-refractivity contribution < 1.29 is 19.7 Å². The second-order valence-corrected chi connectivity index (χ2v) is 11.2. The zero-order chi connectivity index (χ0) is 26.3. The Hall–Kier alpha value is -2.33. The Kier molecular flexibility index (Phi) is 9.63. The second-order valence-electron chi connectivity index (χ2n) is 11.2. The maximum Gasteiger partial charge on any atom is 0.303 e. The van der Waals surface area contributed by atoms with Gasteiger partial charge in [0.1, 0.15) is 5.75 Å². The quantitative estimate of drug-likeness (QED) is 0.251. The number of hydrogen-bond acceptors (Lipinski definition) is 3. The van der Waals surface area contributed by atoms with Crippen LogP contribution in [-0.4, -0.2) is 28.9 Å². The van der Waals surface area contributed by atoms with Crippen LogP contribution >= 0.6 is 0 Å². The molecule has 0 heterocycles. The molecule has 1 aliphatic rings. The number of ether oxygens (including phenoxy) is 1. The summed E-state index contributed by atoms with van der Waals surface area (Å²) in [5, 5.41) is 19.3. The Morgan fingerprint density at radius 3 is 2.19 bits per heavy atom. The summed E-state index contributed by atoms with van der Waals surface area (Å²) in [6, 6.07) is 13.5. The predicted octanol–water partition coefficient (Wildman–Crippen LogP) is 7.53. The molecule has 36 heavy (non-hydrogen) atoms. The number of carboxylic acids is 1. The second kappa shape index (κ2) is 12.3. The van der Waals surface area contributed by atoms with E-state index in [0.717, 1.165) is 62.7 Å². The first-order chi connectivity index (χ1) is 17.1. The molecule has 0 aliphatic heterocycles. The monoisotopic (exact) mass is 494 g/mol. The number of aryl methyl sites for hydroxylation is 3. The lowest BCUT2D eigenvalue weighted by atomic mass is 9.69. The molecule has 1 saturated carbocycles. The highest BCUT2D eigenvalue weighted by molar-refractivity contribution is 5.66. The number of aliphatic hydroxyl groups excluding tert-OH is 1. The summed E-state index contributed by atoms with van der Waals surface area (Å²) in [6.45, 7) is 11.7. The maximum atomic E-state index is 10.6. The van der Waals surface area contributed by atoms with Crippen molar-refractivity contribution >= 4 is 5.97 Å². The average molecular weight is 495 g/mol. The van der Waals surface area contributed by atoms with E-state index in [0.29, 0.717) is 13.0 Å². The normalized spacial score (nSPS) is 15.5. The van der Waals surface area contributed by atoms with E-state index in [1.54, 1.807) is 0 Å². The molecule has 198 valence electrons. The highest BCUT2D eigenvalue weighted by Gasteiger charge is 2.43. The van der Waals surface area contributed by atoms with E-state index in [4.69, 9.17) is 9.84 Å². The van der Waals surface area contributed by atoms with E-state index in [2.05, 4.69) is 71.0 Å². The number of carboxylic acid groups (broad SMARTS) is 1. The van der Waals surface area contributed by atoms with E-state index in [1.165, 1.54) is 22.3 Å². The Morgan fingerprint density at radius 2 is 1.64 bits per heavy atom. The largest absolute Gasteiger partial charge is 0.493 e. The van der Waals surface area contributed by atoms with Gasteiger partial charge in [0.2, 0.25) is 0 Å². The first kappa shape index (κ1) is 28.2. The lowest BCUT2D eigenvalue weighted by Crippen LogP contribution is -2.26. The minimum Gasteiger partial charge on any atom is -0.493 e. The van der Waals surface area contributed by atoms with Crippen molar-refractivity contribution in [2.45, 2.75) is 110 Å². The SMILES string of the molecule is CCC(CC)(c1ccc(CCC(O)C2(C)CC2)c(C)c1)c1ccc(OCCCCCC(=O)O)c(C)c1. The molecule has 4 heteroatoms. The van der Waals surface area contributed by atoms with Gasteiger partial charge in [0.15, 0.2) is 0 Å². The molecule has 0 bridgehead atoms. The minimum atomic E-state index is -0.732. The van der Waals surface area contributed by atoms with Crippen LogP contribution < -0.4 is 4.74 Å². The third-order valence-electron chi connectivity index (χ3n) is 8.65. The molecule has 1 fully saturated rings. The summed E-state index contributed by atoms with van der Waals surface area (Å²) in [6.07, 6.45) is 8.56. The van der Waals surface area contributed by atoms with Gasteiger partial charge in [0.05, 0.1) is 12.7 Å². The molecule has 3 rings (SSSR count). The van der Waals surface area contributed by atoms with Crippen molar-refractivity contribution in [3.8, 4) is 5.75 Å². The Bertz CT molecular complexity index is 1020. The van der Waals surface area contributed by atoms with Crippen LogP contribution in [0.15, 0.2) is 36.4 Å². The van der Waals surface area contributed by atoms with Gasteiger partial charge < -0.3 is 14.9 Å². The van der Waals surface area contributed by atoms with Crippen LogP contribution in [0, 0.1) is 19.3 Å².